The zero-order valence-electron chi connectivity index (χ0n) is 9.19. The molecule has 0 bridgehead atoms. The van der Waals surface area contributed by atoms with Gasteiger partial charge in [-0.15, -0.1) is 11.3 Å². The highest BCUT2D eigenvalue weighted by Gasteiger charge is 2.34. The van der Waals surface area contributed by atoms with Gasteiger partial charge in [-0.05, 0) is 43.0 Å². The quantitative estimate of drug-likeness (QED) is 0.807. The van der Waals surface area contributed by atoms with E-state index in [2.05, 4.69) is 17.5 Å². The molecule has 1 aromatic rings. The highest BCUT2D eigenvalue weighted by Crippen LogP contribution is 2.35. The second-order valence-electron chi connectivity index (χ2n) is 4.32. The smallest absolute Gasteiger partial charge is 0.0750 e. The van der Waals surface area contributed by atoms with Crippen molar-refractivity contribution in [1.82, 2.24) is 0 Å². The maximum absolute atomic E-state index is 6.17. The van der Waals surface area contributed by atoms with Gasteiger partial charge in [0.05, 0.1) is 6.10 Å². The van der Waals surface area contributed by atoms with Crippen LogP contribution in [-0.4, -0.2) is 19.3 Å². The lowest BCUT2D eigenvalue weighted by atomic mass is 10.0. The SMILES string of the molecule is COC(C(N)CCc1cccs1)C1CC1. The topological polar surface area (TPSA) is 35.2 Å². The van der Waals surface area contributed by atoms with Gasteiger partial charge in [0.25, 0.3) is 0 Å². The first-order valence-electron chi connectivity index (χ1n) is 5.62. The van der Waals surface area contributed by atoms with E-state index < -0.39 is 0 Å². The van der Waals surface area contributed by atoms with Gasteiger partial charge < -0.3 is 10.5 Å². The summed E-state index contributed by atoms with van der Waals surface area (Å²) in [5.41, 5.74) is 6.17. The Morgan fingerprint density at radius 3 is 2.93 bits per heavy atom. The number of ether oxygens (including phenoxy) is 1. The van der Waals surface area contributed by atoms with E-state index in [4.69, 9.17) is 10.5 Å². The van der Waals surface area contributed by atoms with Crippen molar-refractivity contribution in [2.75, 3.05) is 7.11 Å². The maximum atomic E-state index is 6.17. The summed E-state index contributed by atoms with van der Waals surface area (Å²) < 4.78 is 5.48. The van der Waals surface area contributed by atoms with Gasteiger partial charge in [-0.3, -0.25) is 0 Å². The molecule has 3 heteroatoms. The number of aryl methyl sites for hydroxylation is 1. The molecule has 0 amide bonds. The van der Waals surface area contributed by atoms with Crippen LogP contribution in [0.1, 0.15) is 24.1 Å². The lowest BCUT2D eigenvalue weighted by Gasteiger charge is -2.22. The Hall–Kier alpha value is -0.380. The van der Waals surface area contributed by atoms with E-state index in [0.29, 0.717) is 0 Å². The van der Waals surface area contributed by atoms with Gasteiger partial charge in [-0.2, -0.15) is 0 Å². The van der Waals surface area contributed by atoms with E-state index in [1.54, 1.807) is 7.11 Å². The molecule has 15 heavy (non-hydrogen) atoms. The Kier molecular flexibility index (Phi) is 3.78. The zero-order valence-corrected chi connectivity index (χ0v) is 10.0. The molecule has 0 saturated heterocycles. The summed E-state index contributed by atoms with van der Waals surface area (Å²) in [7, 11) is 1.79. The molecule has 1 aromatic heterocycles. The molecule has 1 aliphatic rings. The predicted octanol–water partition coefficient (Wildman–Crippen LogP) is 2.43. The first-order chi connectivity index (χ1) is 7.31. The first kappa shape index (κ1) is 11.1. The van der Waals surface area contributed by atoms with Gasteiger partial charge in [-0.25, -0.2) is 0 Å². The third kappa shape index (κ3) is 3.03. The number of thiophene rings is 1. The van der Waals surface area contributed by atoms with E-state index >= 15 is 0 Å². The zero-order chi connectivity index (χ0) is 10.7. The Bertz CT molecular complexity index is 282. The normalized spacial score (nSPS) is 20.1. The standard InChI is InChI=1S/C12H19NOS/c1-14-12(9-4-5-9)11(13)7-6-10-3-2-8-15-10/h2-3,8-9,11-12H,4-7,13H2,1H3. The lowest BCUT2D eigenvalue weighted by molar-refractivity contribution is 0.0604. The van der Waals surface area contributed by atoms with E-state index in [9.17, 15) is 0 Å². The van der Waals surface area contributed by atoms with Crippen molar-refractivity contribution in [3.63, 3.8) is 0 Å². The Labute approximate surface area is 95.4 Å². The Morgan fingerprint density at radius 1 is 1.60 bits per heavy atom. The van der Waals surface area contributed by atoms with Gasteiger partial charge in [0.1, 0.15) is 0 Å². The Balaban J connectivity index is 1.77. The molecule has 1 saturated carbocycles. The van der Waals surface area contributed by atoms with Crippen molar-refractivity contribution in [1.29, 1.82) is 0 Å². The third-order valence-corrected chi connectivity index (χ3v) is 4.02. The number of nitrogens with two attached hydrogens (primary N) is 1. The van der Waals surface area contributed by atoms with Crippen LogP contribution in [0.2, 0.25) is 0 Å². The number of hydrogen-bond acceptors (Lipinski definition) is 3. The second kappa shape index (κ2) is 5.10. The summed E-state index contributed by atoms with van der Waals surface area (Å²) in [5, 5.41) is 2.12. The van der Waals surface area contributed by atoms with E-state index in [-0.39, 0.29) is 12.1 Å². The van der Waals surface area contributed by atoms with Crippen LogP contribution >= 0.6 is 11.3 Å². The minimum atomic E-state index is 0.199. The minimum Gasteiger partial charge on any atom is -0.380 e. The predicted molar refractivity (Wildman–Crippen MR) is 64.1 cm³/mol. The van der Waals surface area contributed by atoms with Gasteiger partial charge in [-0.1, -0.05) is 6.07 Å². The molecule has 2 nitrogen and oxygen atoms in total. The van der Waals surface area contributed by atoms with Crippen LogP contribution in [-0.2, 0) is 11.2 Å². The average Bonchev–Trinajstić information content (AvgIpc) is 2.93. The molecular formula is C12H19NOS. The van der Waals surface area contributed by atoms with E-state index in [1.165, 1.54) is 17.7 Å². The molecule has 0 aliphatic heterocycles. The fraction of sp³-hybridized carbons (Fsp3) is 0.667. The molecule has 2 rings (SSSR count). The molecule has 2 N–H and O–H groups in total. The van der Waals surface area contributed by atoms with Gasteiger partial charge >= 0.3 is 0 Å². The molecule has 1 fully saturated rings. The largest absolute Gasteiger partial charge is 0.380 e. The monoisotopic (exact) mass is 225 g/mol. The minimum absolute atomic E-state index is 0.199. The van der Waals surface area contributed by atoms with Crippen molar-refractivity contribution >= 4 is 11.3 Å². The van der Waals surface area contributed by atoms with Crippen LogP contribution in [0.5, 0.6) is 0 Å². The van der Waals surface area contributed by atoms with Crippen molar-refractivity contribution in [3.8, 4) is 0 Å². The van der Waals surface area contributed by atoms with E-state index in [0.717, 1.165) is 18.8 Å². The van der Waals surface area contributed by atoms with Crippen molar-refractivity contribution in [2.45, 2.75) is 37.8 Å². The molecule has 1 aliphatic carbocycles. The molecule has 84 valence electrons. The highest BCUT2D eigenvalue weighted by atomic mass is 32.1. The molecule has 2 unspecified atom stereocenters. The molecule has 2 atom stereocenters. The third-order valence-electron chi connectivity index (χ3n) is 3.08. The van der Waals surface area contributed by atoms with Crippen LogP contribution in [0.4, 0.5) is 0 Å². The second-order valence-corrected chi connectivity index (χ2v) is 5.35. The highest BCUT2D eigenvalue weighted by molar-refractivity contribution is 7.09. The fourth-order valence-electron chi connectivity index (χ4n) is 2.07. The molecule has 0 aromatic carbocycles. The van der Waals surface area contributed by atoms with Crippen molar-refractivity contribution < 1.29 is 4.74 Å². The van der Waals surface area contributed by atoms with Gasteiger partial charge in [0, 0.05) is 18.0 Å². The molecular weight excluding hydrogens is 206 g/mol. The van der Waals surface area contributed by atoms with Crippen LogP contribution in [0.3, 0.4) is 0 Å². The summed E-state index contributed by atoms with van der Waals surface area (Å²) >= 11 is 1.81. The molecule has 1 heterocycles. The van der Waals surface area contributed by atoms with Crippen LogP contribution in [0.25, 0.3) is 0 Å². The molecule has 0 radical (unpaired) electrons. The fourth-order valence-corrected chi connectivity index (χ4v) is 2.79. The lowest BCUT2D eigenvalue weighted by Crippen LogP contribution is -2.38. The van der Waals surface area contributed by atoms with Crippen LogP contribution in [0.15, 0.2) is 17.5 Å². The van der Waals surface area contributed by atoms with Crippen molar-refractivity contribution in [2.24, 2.45) is 11.7 Å². The van der Waals surface area contributed by atoms with E-state index in [1.807, 2.05) is 11.3 Å². The number of hydrogen-bond donors (Lipinski definition) is 1. The van der Waals surface area contributed by atoms with Gasteiger partial charge in [0.2, 0.25) is 0 Å². The molecule has 0 spiro atoms. The Morgan fingerprint density at radius 2 is 2.40 bits per heavy atom. The summed E-state index contributed by atoms with van der Waals surface area (Å²) in [4.78, 5) is 1.43. The number of methoxy groups -OCH3 is 1. The first-order valence-corrected chi connectivity index (χ1v) is 6.50. The summed E-state index contributed by atoms with van der Waals surface area (Å²) in [6.45, 7) is 0. The maximum Gasteiger partial charge on any atom is 0.0750 e. The van der Waals surface area contributed by atoms with Crippen LogP contribution < -0.4 is 5.73 Å². The summed E-state index contributed by atoms with van der Waals surface area (Å²) in [6.07, 6.45) is 5.00. The van der Waals surface area contributed by atoms with Crippen molar-refractivity contribution in [3.05, 3.63) is 22.4 Å². The van der Waals surface area contributed by atoms with Crippen LogP contribution in [0, 0.1) is 5.92 Å². The summed E-state index contributed by atoms with van der Waals surface area (Å²) in [6, 6.07) is 4.47. The average molecular weight is 225 g/mol. The number of rotatable bonds is 6. The summed E-state index contributed by atoms with van der Waals surface area (Å²) in [5.74, 6) is 0.730. The van der Waals surface area contributed by atoms with Gasteiger partial charge in [0.15, 0.2) is 0 Å².